The highest BCUT2D eigenvalue weighted by molar-refractivity contribution is 7.92. The molecule has 0 unspecified atom stereocenters. The second kappa shape index (κ2) is 5.47. The summed E-state index contributed by atoms with van der Waals surface area (Å²) in [6.07, 6.45) is 0.914. The molecule has 1 saturated heterocycles. The van der Waals surface area contributed by atoms with E-state index in [1.807, 2.05) is 0 Å². The number of anilines is 1. The normalized spacial score (nSPS) is 16.2. The van der Waals surface area contributed by atoms with Crippen LogP contribution in [0.1, 0.15) is 17.7 Å². The average molecular weight is 309 g/mol. The van der Waals surface area contributed by atoms with Crippen molar-refractivity contribution in [1.82, 2.24) is 9.97 Å². The van der Waals surface area contributed by atoms with Crippen LogP contribution in [0.4, 0.5) is 5.69 Å². The molecule has 3 rings (SSSR count). The van der Waals surface area contributed by atoms with E-state index >= 15 is 0 Å². The third kappa shape index (κ3) is 3.07. The third-order valence-corrected chi connectivity index (χ3v) is 4.32. The molecule has 112 valence electrons. The van der Waals surface area contributed by atoms with Gasteiger partial charge in [0.15, 0.2) is 11.3 Å². The summed E-state index contributed by atoms with van der Waals surface area (Å²) in [7, 11) is -3.65. The molecule has 0 spiro atoms. The molecule has 1 aromatic heterocycles. The van der Waals surface area contributed by atoms with Crippen LogP contribution in [0.3, 0.4) is 0 Å². The third-order valence-electron chi connectivity index (χ3n) is 3.03. The maximum Gasteiger partial charge on any atom is 0.278 e. The highest BCUT2D eigenvalue weighted by Gasteiger charge is 2.19. The fourth-order valence-electron chi connectivity index (χ4n) is 2.00. The fraction of sp³-hybridized carbons (Fsp3) is 0.308. The van der Waals surface area contributed by atoms with Crippen molar-refractivity contribution in [2.24, 2.45) is 0 Å². The van der Waals surface area contributed by atoms with E-state index < -0.39 is 10.0 Å². The van der Waals surface area contributed by atoms with Gasteiger partial charge in [-0.25, -0.2) is 4.98 Å². The summed E-state index contributed by atoms with van der Waals surface area (Å²) in [6, 6.07) is 6.88. The molecule has 0 amide bonds. The molecule has 1 fully saturated rings. The van der Waals surface area contributed by atoms with Crippen LogP contribution in [-0.2, 0) is 19.5 Å². The number of aromatic nitrogens is 2. The summed E-state index contributed by atoms with van der Waals surface area (Å²) in [5.74, 6) is 0.543. The van der Waals surface area contributed by atoms with Gasteiger partial charge in [0.05, 0.1) is 19.4 Å². The molecule has 2 N–H and O–H groups in total. The Morgan fingerprint density at radius 1 is 1.24 bits per heavy atom. The van der Waals surface area contributed by atoms with Crippen LogP contribution in [-0.4, -0.2) is 31.6 Å². The Kier molecular flexibility index (Phi) is 3.66. The first kappa shape index (κ1) is 14.1. The molecule has 7 nitrogen and oxygen atoms in total. The van der Waals surface area contributed by atoms with E-state index in [1.54, 1.807) is 31.2 Å². The van der Waals surface area contributed by atoms with Gasteiger partial charge in [0.25, 0.3) is 10.0 Å². The van der Waals surface area contributed by atoms with Crippen LogP contribution in [0.2, 0.25) is 0 Å². The first-order valence-electron chi connectivity index (χ1n) is 6.42. The second-order valence-corrected chi connectivity index (χ2v) is 6.28. The number of hydrogen-bond acceptors (Lipinski definition) is 5. The molecular formula is C13H15N3O4S. The first-order valence-corrected chi connectivity index (χ1v) is 7.90. The van der Waals surface area contributed by atoms with E-state index in [1.165, 1.54) is 6.20 Å². The number of rotatable bonds is 4. The number of ether oxygens (including phenoxy) is 2. The van der Waals surface area contributed by atoms with E-state index in [9.17, 15) is 8.42 Å². The van der Waals surface area contributed by atoms with Crippen LogP contribution >= 0.6 is 0 Å². The van der Waals surface area contributed by atoms with E-state index in [-0.39, 0.29) is 11.3 Å². The summed E-state index contributed by atoms with van der Waals surface area (Å²) < 4.78 is 37.5. The molecular weight excluding hydrogens is 294 g/mol. The van der Waals surface area contributed by atoms with E-state index in [0.29, 0.717) is 24.7 Å². The lowest BCUT2D eigenvalue weighted by Gasteiger charge is -2.11. The van der Waals surface area contributed by atoms with E-state index in [4.69, 9.17) is 9.47 Å². The van der Waals surface area contributed by atoms with Gasteiger partial charge in [-0.2, -0.15) is 8.42 Å². The fourth-order valence-corrected chi connectivity index (χ4v) is 3.03. The van der Waals surface area contributed by atoms with Gasteiger partial charge in [-0.15, -0.1) is 0 Å². The minimum atomic E-state index is -3.65. The maximum absolute atomic E-state index is 12.1. The lowest BCUT2D eigenvalue weighted by atomic mass is 10.2. The SMILES string of the molecule is Cc1ncc(S(=O)(=O)Nc2ccc(C3OCCO3)cc2)[nH]1. The van der Waals surface area contributed by atoms with Crippen molar-refractivity contribution in [2.75, 3.05) is 17.9 Å². The van der Waals surface area contributed by atoms with Crippen molar-refractivity contribution >= 4 is 15.7 Å². The lowest BCUT2D eigenvalue weighted by molar-refractivity contribution is -0.0441. The molecule has 8 heteroatoms. The number of sulfonamides is 1. The predicted molar refractivity (Wildman–Crippen MR) is 75.2 cm³/mol. The van der Waals surface area contributed by atoms with Gasteiger partial charge in [0.2, 0.25) is 0 Å². The first-order chi connectivity index (χ1) is 10.0. The van der Waals surface area contributed by atoms with Gasteiger partial charge in [0.1, 0.15) is 5.82 Å². The number of aromatic amines is 1. The number of aryl methyl sites for hydroxylation is 1. The zero-order valence-electron chi connectivity index (χ0n) is 11.4. The van der Waals surface area contributed by atoms with Crippen LogP contribution in [0.25, 0.3) is 0 Å². The summed E-state index contributed by atoms with van der Waals surface area (Å²) in [4.78, 5) is 6.57. The molecule has 1 aromatic carbocycles. The number of nitrogens with one attached hydrogen (secondary N) is 2. The van der Waals surface area contributed by atoms with Crippen molar-refractivity contribution in [3.63, 3.8) is 0 Å². The summed E-state index contributed by atoms with van der Waals surface area (Å²) >= 11 is 0. The Morgan fingerprint density at radius 3 is 2.48 bits per heavy atom. The molecule has 1 aliphatic rings. The van der Waals surface area contributed by atoms with Gasteiger partial charge in [0, 0.05) is 11.3 Å². The smallest absolute Gasteiger partial charge is 0.278 e. The zero-order chi connectivity index (χ0) is 14.9. The number of benzene rings is 1. The van der Waals surface area contributed by atoms with Gasteiger partial charge in [-0.1, -0.05) is 12.1 Å². The van der Waals surface area contributed by atoms with E-state index in [2.05, 4.69) is 14.7 Å². The standard InChI is InChI=1S/C13H15N3O4S/c1-9-14-8-12(15-9)21(17,18)16-11-4-2-10(3-5-11)13-19-6-7-20-13/h2-5,8,13,16H,6-7H2,1H3,(H,14,15). The van der Waals surface area contributed by atoms with E-state index in [0.717, 1.165) is 5.56 Å². The quantitative estimate of drug-likeness (QED) is 0.894. The molecule has 1 aliphatic heterocycles. The number of nitrogens with zero attached hydrogens (tertiary/aromatic N) is 1. The largest absolute Gasteiger partial charge is 0.346 e. The highest BCUT2D eigenvalue weighted by atomic mass is 32.2. The summed E-state index contributed by atoms with van der Waals surface area (Å²) in [5.41, 5.74) is 1.32. The molecule has 21 heavy (non-hydrogen) atoms. The second-order valence-electron chi connectivity index (χ2n) is 4.63. The van der Waals surface area contributed by atoms with Crippen LogP contribution in [0.15, 0.2) is 35.5 Å². The summed E-state index contributed by atoms with van der Waals surface area (Å²) in [5, 5.41) is 0.0338. The molecule has 0 atom stereocenters. The molecule has 0 radical (unpaired) electrons. The molecule has 0 saturated carbocycles. The monoisotopic (exact) mass is 309 g/mol. The highest BCUT2D eigenvalue weighted by Crippen LogP contribution is 2.25. The minimum Gasteiger partial charge on any atom is -0.346 e. The molecule has 2 heterocycles. The van der Waals surface area contributed by atoms with Crippen LogP contribution in [0, 0.1) is 6.92 Å². The van der Waals surface area contributed by atoms with Crippen LogP contribution < -0.4 is 4.72 Å². The zero-order valence-corrected chi connectivity index (χ0v) is 12.2. The summed E-state index contributed by atoms with van der Waals surface area (Å²) in [6.45, 7) is 2.83. The van der Waals surface area contributed by atoms with Crippen molar-refractivity contribution in [1.29, 1.82) is 0 Å². The number of imidazole rings is 1. The Labute approximate surface area is 122 Å². The topological polar surface area (TPSA) is 93.3 Å². The number of hydrogen-bond donors (Lipinski definition) is 2. The Balaban J connectivity index is 1.75. The predicted octanol–water partition coefficient (Wildman–Crippen LogP) is 1.56. The minimum absolute atomic E-state index is 0.0338. The number of H-pyrrole nitrogens is 1. The van der Waals surface area contributed by atoms with Gasteiger partial charge in [-0.05, 0) is 19.1 Å². The molecule has 0 bridgehead atoms. The lowest BCUT2D eigenvalue weighted by Crippen LogP contribution is -2.13. The van der Waals surface area contributed by atoms with Crippen molar-refractivity contribution in [3.05, 3.63) is 41.9 Å². The Bertz CT molecular complexity index is 718. The van der Waals surface area contributed by atoms with Crippen molar-refractivity contribution < 1.29 is 17.9 Å². The Hall–Kier alpha value is -1.90. The van der Waals surface area contributed by atoms with Crippen LogP contribution in [0.5, 0.6) is 0 Å². The maximum atomic E-state index is 12.1. The van der Waals surface area contributed by atoms with Crippen molar-refractivity contribution in [3.8, 4) is 0 Å². The molecule has 0 aliphatic carbocycles. The average Bonchev–Trinajstić information content (AvgIpc) is 3.10. The molecule has 2 aromatic rings. The van der Waals surface area contributed by atoms with Gasteiger partial charge < -0.3 is 14.5 Å². The van der Waals surface area contributed by atoms with Gasteiger partial charge >= 0.3 is 0 Å². The van der Waals surface area contributed by atoms with Gasteiger partial charge in [-0.3, -0.25) is 4.72 Å². The Morgan fingerprint density at radius 2 is 1.90 bits per heavy atom. The van der Waals surface area contributed by atoms with Crippen molar-refractivity contribution in [2.45, 2.75) is 18.2 Å².